The molecule has 0 atom stereocenters. The minimum Gasteiger partial charge on any atom is -0.388 e. The van der Waals surface area contributed by atoms with Gasteiger partial charge >= 0.3 is 10.2 Å². The Balaban J connectivity index is 2.55. The van der Waals surface area contributed by atoms with Crippen molar-refractivity contribution >= 4 is 21.7 Å². The molecule has 1 N–H and O–H groups in total. The van der Waals surface area contributed by atoms with Gasteiger partial charge in [-0.1, -0.05) is 29.8 Å². The van der Waals surface area contributed by atoms with E-state index in [1.807, 2.05) is 19.1 Å². The van der Waals surface area contributed by atoms with E-state index in [1.165, 1.54) is 13.1 Å². The molecule has 1 aliphatic heterocycles. The fraction of sp³-hybridized carbons (Fsp3) is 0.231. The zero-order valence-electron chi connectivity index (χ0n) is 11.1. The van der Waals surface area contributed by atoms with Crippen molar-refractivity contribution in [2.24, 2.45) is 4.40 Å². The van der Waals surface area contributed by atoms with Crippen LogP contribution in [0.5, 0.6) is 0 Å². The average molecular weight is 294 g/mol. The standard InChI is InChI=1S/C13H14N2O4S/c1-9-3-5-10(6-4-9)11-7-12(13(17)8-16)15(2)20(18,19)14-11/h3-7,16H,8H2,1-2H3. The predicted octanol–water partition coefficient (Wildman–Crippen LogP) is 0.420. The van der Waals surface area contributed by atoms with Crippen molar-refractivity contribution in [3.63, 3.8) is 0 Å². The number of nitrogens with zero attached hydrogens (tertiary/aromatic N) is 2. The average Bonchev–Trinajstić information content (AvgIpc) is 2.41. The van der Waals surface area contributed by atoms with Crippen LogP contribution in [-0.2, 0) is 15.0 Å². The lowest BCUT2D eigenvalue weighted by molar-refractivity contribution is -0.119. The van der Waals surface area contributed by atoms with E-state index in [9.17, 15) is 13.2 Å². The highest BCUT2D eigenvalue weighted by atomic mass is 32.2. The van der Waals surface area contributed by atoms with Crippen LogP contribution in [0.15, 0.2) is 40.4 Å². The van der Waals surface area contributed by atoms with Crippen LogP contribution < -0.4 is 0 Å². The van der Waals surface area contributed by atoms with Gasteiger partial charge in [0, 0.05) is 12.6 Å². The minimum atomic E-state index is -3.95. The zero-order chi connectivity index (χ0) is 14.9. The van der Waals surface area contributed by atoms with E-state index in [0.717, 1.165) is 9.87 Å². The van der Waals surface area contributed by atoms with Gasteiger partial charge in [-0.15, -0.1) is 4.40 Å². The van der Waals surface area contributed by atoms with Gasteiger partial charge in [-0.3, -0.25) is 9.10 Å². The molecule has 0 aromatic heterocycles. The van der Waals surface area contributed by atoms with Gasteiger partial charge in [0.2, 0.25) is 5.78 Å². The summed E-state index contributed by atoms with van der Waals surface area (Å²) < 4.78 is 28.3. The smallest absolute Gasteiger partial charge is 0.345 e. The normalized spacial score (nSPS) is 17.4. The fourth-order valence-corrected chi connectivity index (χ4v) is 2.69. The van der Waals surface area contributed by atoms with E-state index in [-0.39, 0.29) is 11.4 Å². The van der Waals surface area contributed by atoms with Gasteiger partial charge in [0.1, 0.15) is 12.3 Å². The second-order valence-electron chi connectivity index (χ2n) is 4.40. The molecule has 20 heavy (non-hydrogen) atoms. The maximum Gasteiger partial charge on any atom is 0.345 e. The lowest BCUT2D eigenvalue weighted by Crippen LogP contribution is -2.34. The zero-order valence-corrected chi connectivity index (χ0v) is 11.9. The van der Waals surface area contributed by atoms with Crippen LogP contribution in [0.1, 0.15) is 11.1 Å². The van der Waals surface area contributed by atoms with Crippen LogP contribution in [0.3, 0.4) is 0 Å². The minimum absolute atomic E-state index is 0.0990. The molecular weight excluding hydrogens is 280 g/mol. The molecular formula is C13H14N2O4S. The first kappa shape index (κ1) is 14.4. The van der Waals surface area contributed by atoms with Crippen LogP contribution in [0.4, 0.5) is 0 Å². The summed E-state index contributed by atoms with van der Waals surface area (Å²) in [6.45, 7) is 1.15. The van der Waals surface area contributed by atoms with Crippen molar-refractivity contribution in [2.75, 3.05) is 13.7 Å². The Morgan fingerprint density at radius 1 is 1.30 bits per heavy atom. The van der Waals surface area contributed by atoms with Crippen molar-refractivity contribution < 1.29 is 18.3 Å². The van der Waals surface area contributed by atoms with Crippen molar-refractivity contribution in [1.82, 2.24) is 4.31 Å². The topological polar surface area (TPSA) is 87.0 Å². The van der Waals surface area contributed by atoms with Gasteiger partial charge in [0.15, 0.2) is 0 Å². The third-order valence-corrected chi connectivity index (χ3v) is 4.27. The fourth-order valence-electron chi connectivity index (χ4n) is 1.75. The summed E-state index contributed by atoms with van der Waals surface area (Å²) >= 11 is 0. The quantitative estimate of drug-likeness (QED) is 0.875. The molecule has 0 amide bonds. The van der Waals surface area contributed by atoms with Gasteiger partial charge in [-0.25, -0.2) is 0 Å². The van der Waals surface area contributed by atoms with E-state index < -0.39 is 22.6 Å². The Morgan fingerprint density at radius 2 is 1.90 bits per heavy atom. The number of benzene rings is 1. The van der Waals surface area contributed by atoms with E-state index in [2.05, 4.69) is 4.40 Å². The number of aliphatic hydroxyl groups excluding tert-OH is 1. The van der Waals surface area contributed by atoms with E-state index in [1.54, 1.807) is 12.1 Å². The van der Waals surface area contributed by atoms with Crippen molar-refractivity contribution in [2.45, 2.75) is 6.92 Å². The third kappa shape index (κ3) is 2.63. The van der Waals surface area contributed by atoms with Gasteiger partial charge in [0.05, 0.1) is 5.71 Å². The van der Waals surface area contributed by atoms with Crippen molar-refractivity contribution in [1.29, 1.82) is 0 Å². The number of ketones is 1. The largest absolute Gasteiger partial charge is 0.388 e. The summed E-state index contributed by atoms with van der Waals surface area (Å²) in [6, 6.07) is 7.10. The number of likely N-dealkylation sites (N-methyl/N-ethyl adjacent to an activating group) is 1. The van der Waals surface area contributed by atoms with E-state index >= 15 is 0 Å². The molecule has 1 heterocycles. The number of allylic oxidation sites excluding steroid dienone is 1. The number of rotatable bonds is 3. The lowest BCUT2D eigenvalue weighted by atomic mass is 10.1. The molecule has 1 aliphatic rings. The van der Waals surface area contributed by atoms with Crippen LogP contribution in [0, 0.1) is 6.92 Å². The number of carbonyl (C=O) groups excluding carboxylic acids is 1. The maximum atomic E-state index is 11.9. The number of aliphatic hydroxyl groups is 1. The summed E-state index contributed by atoms with van der Waals surface area (Å²) in [5, 5.41) is 8.92. The Bertz CT molecular complexity index is 702. The second kappa shape index (κ2) is 5.18. The molecule has 0 fully saturated rings. The molecule has 0 spiro atoms. The highest BCUT2D eigenvalue weighted by Crippen LogP contribution is 2.20. The number of aryl methyl sites for hydroxylation is 1. The van der Waals surface area contributed by atoms with Crippen LogP contribution >= 0.6 is 0 Å². The highest BCUT2D eigenvalue weighted by Gasteiger charge is 2.29. The molecule has 6 nitrogen and oxygen atoms in total. The first-order chi connectivity index (χ1) is 9.35. The van der Waals surface area contributed by atoms with Gasteiger partial charge in [-0.05, 0) is 13.0 Å². The SMILES string of the molecule is Cc1ccc(C2=NS(=O)(=O)N(C)C(C(=O)CO)=C2)cc1. The van der Waals surface area contributed by atoms with Crippen molar-refractivity contribution in [3.8, 4) is 0 Å². The molecule has 1 aromatic rings. The Morgan fingerprint density at radius 3 is 2.45 bits per heavy atom. The number of hydrogen-bond donors (Lipinski definition) is 1. The monoisotopic (exact) mass is 294 g/mol. The second-order valence-corrected chi connectivity index (χ2v) is 6.02. The van der Waals surface area contributed by atoms with Gasteiger partial charge in [-0.2, -0.15) is 8.42 Å². The molecule has 2 rings (SSSR count). The number of hydrogen-bond acceptors (Lipinski definition) is 4. The summed E-state index contributed by atoms with van der Waals surface area (Å²) in [7, 11) is -2.73. The Hall–Kier alpha value is -1.99. The molecule has 0 radical (unpaired) electrons. The summed E-state index contributed by atoms with van der Waals surface area (Å²) in [4.78, 5) is 11.6. The van der Waals surface area contributed by atoms with E-state index in [4.69, 9.17) is 5.11 Å². The molecule has 1 aromatic carbocycles. The van der Waals surface area contributed by atoms with Crippen LogP contribution in [-0.4, -0.2) is 43.0 Å². The molecule has 0 unspecified atom stereocenters. The Kier molecular flexibility index (Phi) is 3.74. The van der Waals surface area contributed by atoms with Gasteiger partial charge in [0.25, 0.3) is 0 Å². The summed E-state index contributed by atoms with van der Waals surface area (Å²) in [6.07, 6.45) is 1.37. The third-order valence-electron chi connectivity index (χ3n) is 2.95. The van der Waals surface area contributed by atoms with Crippen LogP contribution in [0.2, 0.25) is 0 Å². The molecule has 0 bridgehead atoms. The molecule has 0 saturated carbocycles. The van der Waals surface area contributed by atoms with Crippen molar-refractivity contribution in [3.05, 3.63) is 47.2 Å². The molecule has 0 saturated heterocycles. The lowest BCUT2D eigenvalue weighted by Gasteiger charge is -2.22. The summed E-state index contributed by atoms with van der Waals surface area (Å²) in [5.41, 5.74) is 1.70. The van der Waals surface area contributed by atoms with Crippen LogP contribution in [0.25, 0.3) is 0 Å². The molecule has 7 heteroatoms. The predicted molar refractivity (Wildman–Crippen MR) is 74.6 cm³/mol. The molecule has 106 valence electrons. The Labute approximate surface area is 117 Å². The van der Waals surface area contributed by atoms with E-state index in [0.29, 0.717) is 5.56 Å². The first-order valence-electron chi connectivity index (χ1n) is 5.87. The van der Waals surface area contributed by atoms with Gasteiger partial charge < -0.3 is 5.11 Å². The molecule has 0 aliphatic carbocycles. The first-order valence-corrected chi connectivity index (χ1v) is 7.26. The highest BCUT2D eigenvalue weighted by molar-refractivity contribution is 7.88. The number of carbonyl (C=O) groups is 1. The summed E-state index contributed by atoms with van der Waals surface area (Å²) in [5.74, 6) is -0.671. The maximum absolute atomic E-state index is 11.9. The number of Topliss-reactive ketones (excluding diaryl/α,β-unsaturated/α-hetero) is 1.